The van der Waals surface area contributed by atoms with Gasteiger partial charge in [0.05, 0.1) is 51.3 Å². The first-order valence-electron chi connectivity index (χ1n) is 27.8. The molecule has 0 radical (unpaired) electrons. The van der Waals surface area contributed by atoms with Gasteiger partial charge in [-0.15, -0.1) is 0 Å². The SMILES string of the molecule is CCCCCC=CCC=CCCCCCCCCOCC(CN1CCC(OC)CC1)OCCOCCO[C@H]1CC[C@@]2(C)C(=CCC3C2CC[C@@]2(C)C3CC[C@@H]2[C@H](C)CCCC(C)C)C1. The number of likely N-dealkylation sites (tertiary alicyclic amines) is 1. The van der Waals surface area contributed by atoms with E-state index in [1.165, 1.54) is 128 Å². The number of fused-ring (bicyclic) bond motifs is 5. The Morgan fingerprint density at radius 1 is 0.703 bits per heavy atom. The second kappa shape index (κ2) is 29.8. The lowest BCUT2D eigenvalue weighted by atomic mass is 9.47. The van der Waals surface area contributed by atoms with Crippen molar-refractivity contribution in [3.63, 3.8) is 0 Å². The van der Waals surface area contributed by atoms with E-state index in [0.717, 1.165) is 93.9 Å². The minimum Gasteiger partial charge on any atom is -0.381 e. The number of piperidine rings is 1. The normalized spacial score (nSPS) is 29.9. The molecular weight excluding hydrogens is 791 g/mol. The van der Waals surface area contributed by atoms with Gasteiger partial charge in [-0.25, -0.2) is 0 Å². The summed E-state index contributed by atoms with van der Waals surface area (Å²) in [7, 11) is 1.84. The lowest BCUT2D eigenvalue weighted by Crippen LogP contribution is -2.51. The molecule has 5 rings (SSSR count). The van der Waals surface area contributed by atoms with Crippen molar-refractivity contribution in [2.45, 2.75) is 220 Å². The quantitative estimate of drug-likeness (QED) is 0.0483. The fourth-order valence-electron chi connectivity index (χ4n) is 13.6. The van der Waals surface area contributed by atoms with Crippen LogP contribution in [0.3, 0.4) is 0 Å². The van der Waals surface area contributed by atoms with Crippen molar-refractivity contribution in [1.82, 2.24) is 4.90 Å². The van der Waals surface area contributed by atoms with Gasteiger partial charge >= 0.3 is 0 Å². The van der Waals surface area contributed by atoms with E-state index >= 15 is 0 Å². The first-order chi connectivity index (χ1) is 31.2. The van der Waals surface area contributed by atoms with Gasteiger partial charge in [-0.2, -0.15) is 0 Å². The smallest absolute Gasteiger partial charge is 0.0936 e. The van der Waals surface area contributed by atoms with Crippen LogP contribution in [0.1, 0.15) is 202 Å². The summed E-state index contributed by atoms with van der Waals surface area (Å²) >= 11 is 0. The summed E-state index contributed by atoms with van der Waals surface area (Å²) in [5.41, 5.74) is 2.66. The topological polar surface area (TPSA) is 49.4 Å². The Labute approximate surface area is 396 Å². The molecule has 5 aliphatic rings. The molecular formula is C58H103NO5. The van der Waals surface area contributed by atoms with Crippen molar-refractivity contribution < 1.29 is 23.7 Å². The number of ether oxygens (including phenoxy) is 5. The molecule has 64 heavy (non-hydrogen) atoms. The monoisotopic (exact) mass is 894 g/mol. The molecule has 0 aromatic rings. The Bertz CT molecular complexity index is 1320. The summed E-state index contributed by atoms with van der Waals surface area (Å²) < 4.78 is 30.9. The summed E-state index contributed by atoms with van der Waals surface area (Å²) in [4.78, 5) is 2.53. The van der Waals surface area contributed by atoms with Gasteiger partial charge in [-0.05, 0) is 149 Å². The van der Waals surface area contributed by atoms with Crippen LogP contribution in [-0.2, 0) is 23.7 Å². The van der Waals surface area contributed by atoms with Crippen LogP contribution in [0.25, 0.3) is 0 Å². The van der Waals surface area contributed by atoms with Crippen LogP contribution in [0.15, 0.2) is 36.0 Å². The Hall–Kier alpha value is -1.02. The molecule has 9 atom stereocenters. The lowest BCUT2D eigenvalue weighted by Gasteiger charge is -2.58. The van der Waals surface area contributed by atoms with Gasteiger partial charge in [-0.1, -0.05) is 135 Å². The number of rotatable bonds is 33. The largest absolute Gasteiger partial charge is 0.381 e. The van der Waals surface area contributed by atoms with Gasteiger partial charge in [0.15, 0.2) is 0 Å². The van der Waals surface area contributed by atoms with Crippen LogP contribution in [-0.4, -0.2) is 89.6 Å². The van der Waals surface area contributed by atoms with Crippen molar-refractivity contribution in [2.24, 2.45) is 46.3 Å². The molecule has 6 nitrogen and oxygen atoms in total. The Kier molecular flexibility index (Phi) is 25.1. The first-order valence-corrected chi connectivity index (χ1v) is 27.8. The molecule has 4 unspecified atom stereocenters. The second-order valence-corrected chi connectivity index (χ2v) is 22.5. The maximum Gasteiger partial charge on any atom is 0.0936 e. The molecule has 0 bridgehead atoms. The Balaban J connectivity index is 0.929. The van der Waals surface area contributed by atoms with Gasteiger partial charge < -0.3 is 28.6 Å². The summed E-state index contributed by atoms with van der Waals surface area (Å²) in [5.74, 6) is 5.34. The highest BCUT2D eigenvalue weighted by Gasteiger charge is 2.59. The van der Waals surface area contributed by atoms with Gasteiger partial charge in [0, 0.05) is 33.4 Å². The fourth-order valence-corrected chi connectivity index (χ4v) is 13.6. The van der Waals surface area contributed by atoms with Crippen LogP contribution in [0.4, 0.5) is 0 Å². The average Bonchev–Trinajstić information content (AvgIpc) is 3.65. The van der Waals surface area contributed by atoms with Crippen LogP contribution in [0.5, 0.6) is 0 Å². The van der Waals surface area contributed by atoms with Gasteiger partial charge in [-0.3, -0.25) is 0 Å². The fraction of sp³-hybridized carbons (Fsp3) is 0.897. The van der Waals surface area contributed by atoms with E-state index in [1.807, 2.05) is 7.11 Å². The molecule has 3 saturated carbocycles. The minimum absolute atomic E-state index is 0.0691. The van der Waals surface area contributed by atoms with E-state index < -0.39 is 0 Å². The molecule has 0 aromatic carbocycles. The number of methoxy groups -OCH3 is 1. The molecule has 0 spiro atoms. The molecule has 0 amide bonds. The van der Waals surface area contributed by atoms with Gasteiger partial charge in [0.25, 0.3) is 0 Å². The van der Waals surface area contributed by atoms with Gasteiger partial charge in [0.1, 0.15) is 0 Å². The van der Waals surface area contributed by atoms with Crippen molar-refractivity contribution in [1.29, 1.82) is 0 Å². The van der Waals surface area contributed by atoms with Crippen LogP contribution in [0, 0.1) is 46.3 Å². The minimum atomic E-state index is 0.0691. The molecule has 1 saturated heterocycles. The number of nitrogens with zero attached hydrogens (tertiary/aromatic N) is 1. The lowest BCUT2D eigenvalue weighted by molar-refractivity contribution is -0.0748. The molecule has 0 aromatic heterocycles. The summed E-state index contributed by atoms with van der Waals surface area (Å²) in [6, 6.07) is 0. The molecule has 4 aliphatic carbocycles. The molecule has 370 valence electrons. The summed E-state index contributed by atoms with van der Waals surface area (Å²) in [6.45, 7) is 22.1. The Morgan fingerprint density at radius 3 is 2.19 bits per heavy atom. The second-order valence-electron chi connectivity index (χ2n) is 22.5. The highest BCUT2D eigenvalue weighted by molar-refractivity contribution is 5.25. The third-order valence-electron chi connectivity index (χ3n) is 17.5. The highest BCUT2D eigenvalue weighted by atomic mass is 16.6. The van der Waals surface area contributed by atoms with E-state index in [2.05, 4.69) is 76.8 Å². The molecule has 6 heteroatoms. The Morgan fingerprint density at radius 2 is 1.44 bits per heavy atom. The molecule has 1 aliphatic heterocycles. The van der Waals surface area contributed by atoms with E-state index in [9.17, 15) is 0 Å². The van der Waals surface area contributed by atoms with Crippen LogP contribution >= 0.6 is 0 Å². The van der Waals surface area contributed by atoms with E-state index in [-0.39, 0.29) is 6.10 Å². The molecule has 1 heterocycles. The van der Waals surface area contributed by atoms with E-state index in [4.69, 9.17) is 23.7 Å². The first kappa shape index (κ1) is 53.9. The number of unbranched alkanes of at least 4 members (excludes halogenated alkanes) is 9. The number of hydrogen-bond donors (Lipinski definition) is 0. The van der Waals surface area contributed by atoms with Crippen molar-refractivity contribution >= 4 is 0 Å². The standard InChI is InChI=1S/C58H103NO5/c1-8-9-10-11-12-13-14-15-16-17-18-19-20-21-22-23-39-62-46-52(45-59-37-33-50(60-7)34-38-59)64-43-41-61-40-42-63-51-31-35-57(5)49(44-51)27-28-53-55-30-29-54(48(4)26-24-25-47(2)3)58(55,6)36-32-56(53)57/h12-13,15-16,27,47-48,50-56H,8-11,14,17-26,28-46H2,1-7H3/t48-,51+,52?,53?,54-,55?,56?,57+,58-/m1/s1. The molecule has 4 fully saturated rings. The maximum atomic E-state index is 6.53. The van der Waals surface area contributed by atoms with E-state index in [0.29, 0.717) is 56.1 Å². The zero-order chi connectivity index (χ0) is 45.5. The average molecular weight is 894 g/mol. The van der Waals surface area contributed by atoms with Crippen molar-refractivity contribution in [2.75, 3.05) is 66.4 Å². The number of hydrogen-bond acceptors (Lipinski definition) is 6. The van der Waals surface area contributed by atoms with E-state index in [1.54, 1.807) is 5.57 Å². The molecule has 0 N–H and O–H groups in total. The predicted octanol–water partition coefficient (Wildman–Crippen LogP) is 14.8. The van der Waals surface area contributed by atoms with Crippen molar-refractivity contribution in [3.05, 3.63) is 36.0 Å². The van der Waals surface area contributed by atoms with Gasteiger partial charge in [0.2, 0.25) is 0 Å². The maximum absolute atomic E-state index is 6.53. The number of allylic oxidation sites excluding steroid dienone is 5. The van der Waals surface area contributed by atoms with Crippen molar-refractivity contribution in [3.8, 4) is 0 Å². The third kappa shape index (κ3) is 17.2. The summed E-state index contributed by atoms with van der Waals surface area (Å²) in [6.07, 6.45) is 45.3. The predicted molar refractivity (Wildman–Crippen MR) is 270 cm³/mol. The van der Waals surface area contributed by atoms with Crippen LogP contribution in [0.2, 0.25) is 0 Å². The highest BCUT2D eigenvalue weighted by Crippen LogP contribution is 2.67. The zero-order valence-electron chi connectivity index (χ0n) is 43.1. The zero-order valence-corrected chi connectivity index (χ0v) is 43.1. The van der Waals surface area contributed by atoms with Crippen LogP contribution < -0.4 is 0 Å². The summed E-state index contributed by atoms with van der Waals surface area (Å²) in [5, 5.41) is 0. The third-order valence-corrected chi connectivity index (χ3v) is 17.5.